The molecule has 72 valence electrons. The summed E-state index contributed by atoms with van der Waals surface area (Å²) in [5.74, 6) is 0.952. The average molecular weight is 243 g/mol. The summed E-state index contributed by atoms with van der Waals surface area (Å²) in [4.78, 5) is 0. The van der Waals surface area contributed by atoms with E-state index in [-0.39, 0.29) is 0 Å². The van der Waals surface area contributed by atoms with Crippen molar-refractivity contribution in [1.82, 2.24) is 0 Å². The Kier molecular flexibility index (Phi) is 4.29. The zero-order valence-corrected chi connectivity index (χ0v) is 9.73. The molecule has 0 aliphatic rings. The van der Waals surface area contributed by atoms with E-state index in [9.17, 15) is 0 Å². The number of halogens is 1. The maximum absolute atomic E-state index is 5.19. The van der Waals surface area contributed by atoms with Crippen molar-refractivity contribution in [2.45, 2.75) is 25.1 Å². The van der Waals surface area contributed by atoms with Crippen LogP contribution in [0.1, 0.15) is 24.5 Å². The molecular weight excluding hydrogens is 228 g/mol. The van der Waals surface area contributed by atoms with Gasteiger partial charge < -0.3 is 4.74 Å². The van der Waals surface area contributed by atoms with Gasteiger partial charge in [0.05, 0.1) is 7.11 Å². The van der Waals surface area contributed by atoms with Crippen molar-refractivity contribution < 1.29 is 4.74 Å². The third kappa shape index (κ3) is 2.73. The summed E-state index contributed by atoms with van der Waals surface area (Å²) in [6, 6.07) is 6.26. The van der Waals surface area contributed by atoms with Gasteiger partial charge in [0.2, 0.25) is 0 Å². The van der Waals surface area contributed by atoms with Gasteiger partial charge >= 0.3 is 0 Å². The van der Waals surface area contributed by atoms with E-state index in [4.69, 9.17) is 4.74 Å². The van der Waals surface area contributed by atoms with E-state index in [1.165, 1.54) is 17.5 Å². The molecule has 1 rings (SSSR count). The minimum absolute atomic E-state index is 0.923. The van der Waals surface area contributed by atoms with E-state index in [1.807, 2.05) is 6.07 Å². The molecule has 1 aromatic rings. The second-order valence-electron chi connectivity index (χ2n) is 3.02. The number of aryl methyl sites for hydroxylation is 1. The summed E-state index contributed by atoms with van der Waals surface area (Å²) < 4.78 is 5.19. The quantitative estimate of drug-likeness (QED) is 0.735. The van der Waals surface area contributed by atoms with E-state index in [0.717, 1.165) is 17.5 Å². The maximum Gasteiger partial charge on any atom is 0.119 e. The smallest absolute Gasteiger partial charge is 0.119 e. The molecule has 0 fully saturated rings. The van der Waals surface area contributed by atoms with Crippen LogP contribution in [0.2, 0.25) is 0 Å². The maximum atomic E-state index is 5.19. The van der Waals surface area contributed by atoms with Crippen LogP contribution in [0, 0.1) is 0 Å². The van der Waals surface area contributed by atoms with Crippen LogP contribution in [0.5, 0.6) is 5.75 Å². The largest absolute Gasteiger partial charge is 0.497 e. The zero-order chi connectivity index (χ0) is 9.68. The van der Waals surface area contributed by atoms with Gasteiger partial charge in [-0.3, -0.25) is 0 Å². The fourth-order valence-corrected chi connectivity index (χ4v) is 1.91. The van der Waals surface area contributed by atoms with E-state index in [1.54, 1.807) is 7.11 Å². The van der Waals surface area contributed by atoms with E-state index < -0.39 is 0 Å². The third-order valence-corrected chi connectivity index (χ3v) is 2.68. The summed E-state index contributed by atoms with van der Waals surface area (Å²) in [6.07, 6.45) is 2.30. The second-order valence-corrected chi connectivity index (χ2v) is 3.58. The summed E-state index contributed by atoms with van der Waals surface area (Å²) in [6.45, 7) is 2.19. The first kappa shape index (κ1) is 10.6. The topological polar surface area (TPSA) is 9.23 Å². The predicted octanol–water partition coefficient (Wildman–Crippen LogP) is 3.54. The molecule has 0 heterocycles. The van der Waals surface area contributed by atoms with Crippen molar-refractivity contribution >= 4 is 15.9 Å². The van der Waals surface area contributed by atoms with E-state index >= 15 is 0 Å². The highest BCUT2D eigenvalue weighted by Gasteiger charge is 2.01. The van der Waals surface area contributed by atoms with Gasteiger partial charge in [0.25, 0.3) is 0 Å². The fraction of sp³-hybridized carbons (Fsp3) is 0.455. The molecule has 0 saturated carbocycles. The lowest BCUT2D eigenvalue weighted by atomic mass is 10.0. The fourth-order valence-electron chi connectivity index (χ4n) is 1.36. The number of alkyl halides is 1. The van der Waals surface area contributed by atoms with Crippen molar-refractivity contribution in [3.63, 3.8) is 0 Å². The molecule has 1 aromatic carbocycles. The molecule has 2 heteroatoms. The van der Waals surface area contributed by atoms with Crippen molar-refractivity contribution in [3.05, 3.63) is 29.3 Å². The standard InChI is InChI=1S/C11H15BrO/c1-3-4-9-7-11(13-2)6-5-10(9)8-12/h5-7H,3-4,8H2,1-2H3. The Morgan fingerprint density at radius 1 is 1.31 bits per heavy atom. The molecule has 0 unspecified atom stereocenters. The molecule has 0 aromatic heterocycles. The SMILES string of the molecule is CCCc1cc(OC)ccc1CBr. The van der Waals surface area contributed by atoms with Crippen molar-refractivity contribution in [2.75, 3.05) is 7.11 Å². The van der Waals surface area contributed by atoms with Gasteiger partial charge in [-0.1, -0.05) is 35.3 Å². The van der Waals surface area contributed by atoms with Crippen LogP contribution in [-0.2, 0) is 11.8 Å². The van der Waals surface area contributed by atoms with Gasteiger partial charge in [-0.05, 0) is 29.7 Å². The highest BCUT2D eigenvalue weighted by atomic mass is 79.9. The van der Waals surface area contributed by atoms with Gasteiger partial charge in [0.15, 0.2) is 0 Å². The Morgan fingerprint density at radius 2 is 2.08 bits per heavy atom. The minimum Gasteiger partial charge on any atom is -0.497 e. The van der Waals surface area contributed by atoms with Crippen LogP contribution in [0.3, 0.4) is 0 Å². The number of methoxy groups -OCH3 is 1. The van der Waals surface area contributed by atoms with Gasteiger partial charge in [-0.25, -0.2) is 0 Å². The molecule has 13 heavy (non-hydrogen) atoms. The summed E-state index contributed by atoms with van der Waals surface area (Å²) >= 11 is 3.48. The Bertz CT molecular complexity index is 271. The molecule has 0 aliphatic carbocycles. The highest BCUT2D eigenvalue weighted by Crippen LogP contribution is 2.20. The normalized spacial score (nSPS) is 10.1. The van der Waals surface area contributed by atoms with Gasteiger partial charge in [-0.15, -0.1) is 0 Å². The average Bonchev–Trinajstić information content (AvgIpc) is 2.18. The molecule has 0 saturated heterocycles. The molecule has 0 atom stereocenters. The van der Waals surface area contributed by atoms with Crippen molar-refractivity contribution in [1.29, 1.82) is 0 Å². The van der Waals surface area contributed by atoms with Crippen LogP contribution in [0.15, 0.2) is 18.2 Å². The Labute approximate surface area is 88.2 Å². The molecular formula is C11H15BrO. The number of ether oxygens (including phenoxy) is 1. The number of benzene rings is 1. The Hall–Kier alpha value is -0.500. The summed E-state index contributed by atoms with van der Waals surface area (Å²) in [5.41, 5.74) is 2.75. The first-order valence-electron chi connectivity index (χ1n) is 4.53. The minimum atomic E-state index is 0.923. The van der Waals surface area contributed by atoms with Crippen LogP contribution < -0.4 is 4.74 Å². The molecule has 0 N–H and O–H groups in total. The highest BCUT2D eigenvalue weighted by molar-refractivity contribution is 9.08. The third-order valence-electron chi connectivity index (χ3n) is 2.08. The Morgan fingerprint density at radius 3 is 2.62 bits per heavy atom. The lowest BCUT2D eigenvalue weighted by Gasteiger charge is -2.08. The zero-order valence-electron chi connectivity index (χ0n) is 8.14. The number of rotatable bonds is 4. The van der Waals surface area contributed by atoms with Crippen molar-refractivity contribution in [3.8, 4) is 5.75 Å². The van der Waals surface area contributed by atoms with Crippen LogP contribution in [0.4, 0.5) is 0 Å². The first-order chi connectivity index (χ1) is 6.31. The van der Waals surface area contributed by atoms with Crippen LogP contribution in [0.25, 0.3) is 0 Å². The first-order valence-corrected chi connectivity index (χ1v) is 5.65. The molecule has 0 spiro atoms. The van der Waals surface area contributed by atoms with E-state index in [0.29, 0.717) is 0 Å². The van der Waals surface area contributed by atoms with Gasteiger partial charge in [-0.2, -0.15) is 0 Å². The lowest BCUT2D eigenvalue weighted by Crippen LogP contribution is -1.92. The number of hydrogen-bond donors (Lipinski definition) is 0. The molecule has 0 radical (unpaired) electrons. The van der Waals surface area contributed by atoms with E-state index in [2.05, 4.69) is 35.0 Å². The summed E-state index contributed by atoms with van der Waals surface area (Å²) in [5, 5.41) is 0.923. The number of hydrogen-bond acceptors (Lipinski definition) is 1. The second kappa shape index (κ2) is 5.28. The summed E-state index contributed by atoms with van der Waals surface area (Å²) in [7, 11) is 1.71. The lowest BCUT2D eigenvalue weighted by molar-refractivity contribution is 0.414. The molecule has 0 bridgehead atoms. The van der Waals surface area contributed by atoms with Crippen LogP contribution in [-0.4, -0.2) is 7.11 Å². The predicted molar refractivity (Wildman–Crippen MR) is 59.6 cm³/mol. The van der Waals surface area contributed by atoms with Crippen LogP contribution >= 0.6 is 15.9 Å². The molecule has 0 amide bonds. The monoisotopic (exact) mass is 242 g/mol. The Balaban J connectivity index is 2.95. The van der Waals surface area contributed by atoms with Gasteiger partial charge in [0.1, 0.15) is 5.75 Å². The van der Waals surface area contributed by atoms with Crippen molar-refractivity contribution in [2.24, 2.45) is 0 Å². The van der Waals surface area contributed by atoms with Gasteiger partial charge in [0, 0.05) is 5.33 Å². The molecule has 1 nitrogen and oxygen atoms in total. The molecule has 0 aliphatic heterocycles.